The molecule has 0 atom stereocenters. The molecule has 32 heavy (non-hydrogen) atoms. The fraction of sp³-hybridized carbons (Fsp3) is 0.160. The van der Waals surface area contributed by atoms with Gasteiger partial charge in [-0.1, -0.05) is 23.8 Å². The number of carbonyl (C=O) groups is 2. The molecule has 4 aromatic rings. The van der Waals surface area contributed by atoms with Crippen molar-refractivity contribution in [3.8, 4) is 11.5 Å². The minimum Gasteiger partial charge on any atom is -0.456 e. The molecule has 0 aliphatic heterocycles. The second kappa shape index (κ2) is 8.19. The van der Waals surface area contributed by atoms with Gasteiger partial charge < -0.3 is 19.8 Å². The first kappa shape index (κ1) is 19.8. The van der Waals surface area contributed by atoms with Crippen molar-refractivity contribution in [3.05, 3.63) is 84.2 Å². The second-order valence-electron chi connectivity index (χ2n) is 7.97. The molecule has 7 heteroatoms. The Morgan fingerprint density at radius 3 is 2.62 bits per heavy atom. The summed E-state index contributed by atoms with van der Waals surface area (Å²) in [6.07, 6.45) is 5.46. The predicted molar refractivity (Wildman–Crippen MR) is 122 cm³/mol. The van der Waals surface area contributed by atoms with Crippen LogP contribution in [-0.4, -0.2) is 21.2 Å². The van der Waals surface area contributed by atoms with Crippen LogP contribution in [0.25, 0.3) is 5.65 Å². The zero-order valence-electron chi connectivity index (χ0n) is 17.5. The summed E-state index contributed by atoms with van der Waals surface area (Å²) in [5.74, 6) is 1.70. The number of pyridine rings is 1. The maximum absolute atomic E-state index is 12.5. The number of benzene rings is 2. The molecule has 0 unspecified atom stereocenters. The van der Waals surface area contributed by atoms with Gasteiger partial charge in [-0.25, -0.2) is 4.98 Å². The van der Waals surface area contributed by atoms with E-state index in [1.54, 1.807) is 28.9 Å². The minimum absolute atomic E-state index is 0.0226. The number of amides is 2. The Morgan fingerprint density at radius 2 is 1.81 bits per heavy atom. The van der Waals surface area contributed by atoms with Crippen molar-refractivity contribution in [2.24, 2.45) is 5.92 Å². The third-order valence-electron chi connectivity index (χ3n) is 5.23. The van der Waals surface area contributed by atoms with E-state index in [0.29, 0.717) is 34.2 Å². The molecule has 0 saturated heterocycles. The largest absolute Gasteiger partial charge is 0.456 e. The summed E-state index contributed by atoms with van der Waals surface area (Å²) >= 11 is 0. The van der Waals surface area contributed by atoms with Crippen molar-refractivity contribution < 1.29 is 14.3 Å². The van der Waals surface area contributed by atoms with Crippen LogP contribution in [0, 0.1) is 12.8 Å². The van der Waals surface area contributed by atoms with Gasteiger partial charge >= 0.3 is 0 Å². The van der Waals surface area contributed by atoms with Crippen LogP contribution in [0.1, 0.15) is 28.8 Å². The fourth-order valence-electron chi connectivity index (χ4n) is 3.43. The van der Waals surface area contributed by atoms with E-state index in [2.05, 4.69) is 15.6 Å². The fourth-order valence-corrected chi connectivity index (χ4v) is 3.43. The van der Waals surface area contributed by atoms with Crippen molar-refractivity contribution >= 4 is 29.0 Å². The number of aromatic nitrogens is 2. The molecule has 1 saturated carbocycles. The number of hydrogen-bond donors (Lipinski definition) is 2. The Balaban J connectivity index is 1.29. The summed E-state index contributed by atoms with van der Waals surface area (Å²) in [4.78, 5) is 28.9. The second-order valence-corrected chi connectivity index (χ2v) is 7.97. The van der Waals surface area contributed by atoms with Crippen LogP contribution in [0.5, 0.6) is 11.5 Å². The molecule has 5 rings (SSSR count). The van der Waals surface area contributed by atoms with Crippen LogP contribution in [0.2, 0.25) is 0 Å². The van der Waals surface area contributed by atoms with Crippen LogP contribution in [0.4, 0.5) is 11.5 Å². The predicted octanol–water partition coefficient (Wildman–Crippen LogP) is 5.04. The number of nitrogens with one attached hydrogen (secondary N) is 2. The zero-order valence-corrected chi connectivity index (χ0v) is 17.5. The molecule has 7 nitrogen and oxygen atoms in total. The van der Waals surface area contributed by atoms with Crippen LogP contribution < -0.4 is 15.4 Å². The summed E-state index contributed by atoms with van der Waals surface area (Å²) < 4.78 is 7.79. The molecule has 2 amide bonds. The van der Waals surface area contributed by atoms with Crippen molar-refractivity contribution in [1.29, 1.82) is 0 Å². The number of nitrogens with zero attached hydrogens (tertiary/aromatic N) is 2. The summed E-state index contributed by atoms with van der Waals surface area (Å²) in [6, 6.07) is 18.3. The van der Waals surface area contributed by atoms with Crippen LogP contribution in [-0.2, 0) is 4.79 Å². The number of rotatable bonds is 6. The lowest BCUT2D eigenvalue weighted by atomic mass is 10.1. The Hall–Kier alpha value is -4.13. The molecule has 1 aliphatic carbocycles. The standard InChI is InChI=1S/C25H22N4O3/c1-16-4-2-5-18(12-16)25(31)26-19-6-3-7-20(13-19)32-21-10-11-23-27-22(15-29(23)14-21)28-24(30)17-8-9-17/h2-7,10-15,17H,8-9H2,1H3,(H,26,31)(H,28,30). The zero-order chi connectivity index (χ0) is 22.1. The van der Waals surface area contributed by atoms with E-state index in [-0.39, 0.29) is 17.7 Å². The summed E-state index contributed by atoms with van der Waals surface area (Å²) in [6.45, 7) is 1.95. The minimum atomic E-state index is -0.175. The van der Waals surface area contributed by atoms with Gasteiger partial charge in [-0.3, -0.25) is 9.59 Å². The number of anilines is 2. The maximum Gasteiger partial charge on any atom is 0.255 e. The van der Waals surface area contributed by atoms with E-state index in [0.717, 1.165) is 18.4 Å². The van der Waals surface area contributed by atoms with Crippen molar-refractivity contribution in [2.75, 3.05) is 10.6 Å². The number of hydrogen-bond acceptors (Lipinski definition) is 4. The maximum atomic E-state index is 12.5. The monoisotopic (exact) mass is 426 g/mol. The molecule has 0 bridgehead atoms. The van der Waals surface area contributed by atoms with E-state index in [1.165, 1.54) is 0 Å². The van der Waals surface area contributed by atoms with Gasteiger partial charge in [0, 0.05) is 23.2 Å². The molecule has 160 valence electrons. The summed E-state index contributed by atoms with van der Waals surface area (Å²) in [5.41, 5.74) is 2.98. The first-order valence-electron chi connectivity index (χ1n) is 10.5. The topological polar surface area (TPSA) is 84.7 Å². The third-order valence-corrected chi connectivity index (χ3v) is 5.23. The normalized spacial score (nSPS) is 13.0. The highest BCUT2D eigenvalue weighted by Crippen LogP contribution is 2.30. The Bertz CT molecular complexity index is 1320. The lowest BCUT2D eigenvalue weighted by Gasteiger charge is -2.09. The van der Waals surface area contributed by atoms with E-state index in [9.17, 15) is 9.59 Å². The van der Waals surface area contributed by atoms with Crippen molar-refractivity contribution in [1.82, 2.24) is 9.38 Å². The lowest BCUT2D eigenvalue weighted by molar-refractivity contribution is -0.117. The van der Waals surface area contributed by atoms with Crippen LogP contribution in [0.3, 0.4) is 0 Å². The smallest absolute Gasteiger partial charge is 0.255 e. The van der Waals surface area contributed by atoms with Crippen molar-refractivity contribution in [3.63, 3.8) is 0 Å². The molecule has 2 aromatic heterocycles. The number of fused-ring (bicyclic) bond motifs is 1. The highest BCUT2D eigenvalue weighted by molar-refractivity contribution is 6.04. The van der Waals surface area contributed by atoms with Gasteiger partial charge in [-0.2, -0.15) is 0 Å². The number of aryl methyl sites for hydroxylation is 1. The Labute approximate surface area is 185 Å². The van der Waals surface area contributed by atoms with E-state index < -0.39 is 0 Å². The first-order valence-corrected chi connectivity index (χ1v) is 10.5. The molecule has 2 aromatic carbocycles. The van der Waals surface area contributed by atoms with Gasteiger partial charge in [0.25, 0.3) is 5.91 Å². The number of ether oxygens (including phenoxy) is 1. The average Bonchev–Trinajstić information content (AvgIpc) is 3.55. The molecule has 2 N–H and O–H groups in total. The van der Waals surface area contributed by atoms with Gasteiger partial charge in [-0.15, -0.1) is 0 Å². The quantitative estimate of drug-likeness (QED) is 0.453. The van der Waals surface area contributed by atoms with Gasteiger partial charge in [0.1, 0.15) is 17.1 Å². The van der Waals surface area contributed by atoms with Gasteiger partial charge in [0.05, 0.1) is 12.4 Å². The van der Waals surface area contributed by atoms with E-state index >= 15 is 0 Å². The van der Waals surface area contributed by atoms with Gasteiger partial charge in [0.15, 0.2) is 5.82 Å². The molecule has 0 spiro atoms. The van der Waals surface area contributed by atoms with E-state index in [1.807, 2.05) is 55.5 Å². The SMILES string of the molecule is Cc1cccc(C(=O)Nc2cccc(Oc3ccc4nc(NC(=O)C5CC5)cn4c3)c2)c1. The molecular weight excluding hydrogens is 404 g/mol. The average molecular weight is 426 g/mol. The highest BCUT2D eigenvalue weighted by Gasteiger charge is 2.30. The molecule has 0 radical (unpaired) electrons. The van der Waals surface area contributed by atoms with Crippen molar-refractivity contribution in [2.45, 2.75) is 19.8 Å². The first-order chi connectivity index (χ1) is 15.5. The molecule has 1 fully saturated rings. The summed E-state index contributed by atoms with van der Waals surface area (Å²) in [7, 11) is 0. The van der Waals surface area contributed by atoms with Gasteiger partial charge in [0.2, 0.25) is 5.91 Å². The molecule has 1 aliphatic rings. The Morgan fingerprint density at radius 1 is 0.969 bits per heavy atom. The van der Waals surface area contributed by atoms with Crippen LogP contribution >= 0.6 is 0 Å². The van der Waals surface area contributed by atoms with E-state index in [4.69, 9.17) is 4.74 Å². The highest BCUT2D eigenvalue weighted by atomic mass is 16.5. The molecular formula is C25H22N4O3. The Kier molecular flexibility index (Phi) is 5.07. The van der Waals surface area contributed by atoms with Gasteiger partial charge in [-0.05, 0) is 56.2 Å². The molecule has 2 heterocycles. The summed E-state index contributed by atoms with van der Waals surface area (Å²) in [5, 5.41) is 5.76. The third kappa shape index (κ3) is 4.46. The lowest BCUT2D eigenvalue weighted by Crippen LogP contribution is -2.13. The number of carbonyl (C=O) groups excluding carboxylic acids is 2. The number of imidazole rings is 1. The van der Waals surface area contributed by atoms with Crippen LogP contribution in [0.15, 0.2) is 73.1 Å².